The van der Waals surface area contributed by atoms with Gasteiger partial charge in [0.2, 0.25) is 8.32 Å². The summed E-state index contributed by atoms with van der Waals surface area (Å²) in [4.78, 5) is 12.0. The molecular formula is C24H32N2O4Si. The van der Waals surface area contributed by atoms with Crippen LogP contribution in [0.3, 0.4) is 0 Å². The van der Waals surface area contributed by atoms with Gasteiger partial charge in [-0.15, -0.1) is 0 Å². The van der Waals surface area contributed by atoms with E-state index in [-0.39, 0.29) is 16.4 Å². The molecule has 2 aromatic rings. The quantitative estimate of drug-likeness (QED) is 0.244. The van der Waals surface area contributed by atoms with Crippen molar-refractivity contribution in [3.8, 4) is 11.5 Å². The summed E-state index contributed by atoms with van der Waals surface area (Å²) in [5.41, 5.74) is 1.64. The minimum absolute atomic E-state index is 0.110. The molecule has 6 nitrogen and oxygen atoms in total. The van der Waals surface area contributed by atoms with E-state index in [4.69, 9.17) is 9.16 Å². The molecule has 0 amide bonds. The Bertz CT molecular complexity index is 945. The number of aromatic hydroxyl groups is 1. The van der Waals surface area contributed by atoms with Crippen molar-refractivity contribution in [2.24, 2.45) is 10.2 Å². The van der Waals surface area contributed by atoms with E-state index in [2.05, 4.69) is 44.1 Å². The molecule has 0 fully saturated rings. The Morgan fingerprint density at radius 1 is 1.03 bits per heavy atom. The smallest absolute Gasteiger partial charge is 0.341 e. The van der Waals surface area contributed by atoms with Gasteiger partial charge in [0.05, 0.1) is 19.0 Å². The maximum atomic E-state index is 12.0. The third kappa shape index (κ3) is 7.06. The second kappa shape index (κ2) is 10.4. The predicted octanol–water partition coefficient (Wildman–Crippen LogP) is 5.80. The molecular weight excluding hydrogens is 408 g/mol. The van der Waals surface area contributed by atoms with Crippen LogP contribution in [0.4, 0.5) is 0 Å². The predicted molar refractivity (Wildman–Crippen MR) is 128 cm³/mol. The average Bonchev–Trinajstić information content (AvgIpc) is 2.70. The van der Waals surface area contributed by atoms with Crippen molar-refractivity contribution >= 4 is 26.7 Å². The molecule has 0 heterocycles. The fraction of sp³-hybridized carbons (Fsp3) is 0.375. The molecule has 0 bridgehead atoms. The largest absolute Gasteiger partial charge is 0.544 e. The van der Waals surface area contributed by atoms with Crippen LogP contribution in [0.5, 0.6) is 11.5 Å². The van der Waals surface area contributed by atoms with Gasteiger partial charge in [-0.25, -0.2) is 4.79 Å². The molecule has 0 atom stereocenters. The number of esters is 1. The highest BCUT2D eigenvalue weighted by atomic mass is 28.4. The standard InChI is InChI=1S/C24H32N2O4Si/c1-7-14-29-23(28)21-15-19(10-13-22(21)27)17-26-25-16-18-8-11-20(12-9-18)30-31(5,6)24(2,3)4/h8-13,15-17,27H,7,14H2,1-6H3/b25-16+,26-17+. The Hall–Kier alpha value is -2.93. The second-order valence-electron chi connectivity index (χ2n) is 8.83. The van der Waals surface area contributed by atoms with Crippen molar-refractivity contribution in [1.29, 1.82) is 0 Å². The van der Waals surface area contributed by atoms with E-state index >= 15 is 0 Å². The molecule has 0 saturated heterocycles. The first kappa shape index (κ1) is 24.3. The molecule has 0 unspecified atom stereocenters. The first-order valence-electron chi connectivity index (χ1n) is 10.4. The molecule has 0 aromatic heterocycles. The third-order valence-electron chi connectivity index (χ3n) is 5.22. The van der Waals surface area contributed by atoms with Crippen molar-refractivity contribution in [2.45, 2.75) is 52.2 Å². The van der Waals surface area contributed by atoms with Crippen LogP contribution in [0, 0.1) is 0 Å². The van der Waals surface area contributed by atoms with Crippen LogP contribution in [0.15, 0.2) is 52.7 Å². The van der Waals surface area contributed by atoms with E-state index in [1.807, 2.05) is 31.2 Å². The fourth-order valence-corrected chi connectivity index (χ4v) is 3.37. The van der Waals surface area contributed by atoms with Gasteiger partial charge in [-0.05, 0) is 78.1 Å². The molecule has 0 spiro atoms. The lowest BCUT2D eigenvalue weighted by Crippen LogP contribution is -2.43. The summed E-state index contributed by atoms with van der Waals surface area (Å²) in [7, 11) is -1.86. The molecule has 0 aliphatic heterocycles. The number of hydrogen-bond acceptors (Lipinski definition) is 6. The summed E-state index contributed by atoms with van der Waals surface area (Å²) in [6.45, 7) is 13.3. The van der Waals surface area contributed by atoms with Gasteiger partial charge in [-0.3, -0.25) is 0 Å². The molecule has 0 aliphatic rings. The molecule has 0 radical (unpaired) electrons. The number of hydrogen-bond donors (Lipinski definition) is 1. The van der Waals surface area contributed by atoms with Crippen LogP contribution in [-0.4, -0.2) is 38.4 Å². The maximum Gasteiger partial charge on any atom is 0.341 e. The zero-order chi connectivity index (χ0) is 23.1. The summed E-state index contributed by atoms with van der Waals surface area (Å²) in [5.74, 6) is 0.179. The van der Waals surface area contributed by atoms with Gasteiger partial charge < -0.3 is 14.3 Å². The highest BCUT2D eigenvalue weighted by molar-refractivity contribution is 6.74. The number of phenols is 1. The van der Waals surface area contributed by atoms with Crippen molar-refractivity contribution in [3.63, 3.8) is 0 Å². The highest BCUT2D eigenvalue weighted by Gasteiger charge is 2.38. The first-order valence-corrected chi connectivity index (χ1v) is 13.3. The van der Waals surface area contributed by atoms with Crippen LogP contribution in [0.2, 0.25) is 18.1 Å². The van der Waals surface area contributed by atoms with Crippen LogP contribution in [0.25, 0.3) is 0 Å². The number of benzene rings is 2. The molecule has 2 aromatic carbocycles. The summed E-state index contributed by atoms with van der Waals surface area (Å²) < 4.78 is 11.3. The topological polar surface area (TPSA) is 80.5 Å². The van der Waals surface area contributed by atoms with Crippen molar-refractivity contribution in [2.75, 3.05) is 6.61 Å². The number of phenolic OH excluding ortho intramolecular Hbond substituents is 1. The summed E-state index contributed by atoms with van der Waals surface area (Å²) >= 11 is 0. The zero-order valence-electron chi connectivity index (χ0n) is 19.2. The average molecular weight is 441 g/mol. The number of nitrogens with zero attached hydrogens (tertiary/aromatic N) is 2. The Kier molecular flexibility index (Phi) is 8.16. The van der Waals surface area contributed by atoms with Gasteiger partial charge in [0.15, 0.2) is 0 Å². The van der Waals surface area contributed by atoms with Gasteiger partial charge in [0, 0.05) is 0 Å². The Balaban J connectivity index is 2.02. The minimum Gasteiger partial charge on any atom is -0.544 e. The second-order valence-corrected chi connectivity index (χ2v) is 13.6. The van der Waals surface area contributed by atoms with E-state index in [0.717, 1.165) is 11.3 Å². The lowest BCUT2D eigenvalue weighted by atomic mass is 10.1. The molecule has 2 rings (SSSR count). The Labute approximate surface area is 185 Å². The normalized spacial score (nSPS) is 12.5. The SMILES string of the molecule is CCCOC(=O)c1cc(/C=N/N=C/c2ccc(O[Si](C)(C)C(C)(C)C)cc2)ccc1O. The Morgan fingerprint density at radius 3 is 2.19 bits per heavy atom. The molecule has 0 aliphatic carbocycles. The molecule has 0 saturated carbocycles. The fourth-order valence-electron chi connectivity index (χ4n) is 2.34. The van der Waals surface area contributed by atoms with E-state index in [9.17, 15) is 9.90 Å². The third-order valence-corrected chi connectivity index (χ3v) is 9.58. The van der Waals surface area contributed by atoms with Crippen molar-refractivity contribution in [3.05, 3.63) is 59.2 Å². The van der Waals surface area contributed by atoms with E-state index < -0.39 is 14.3 Å². The summed E-state index contributed by atoms with van der Waals surface area (Å²) in [5, 5.41) is 18.1. The molecule has 31 heavy (non-hydrogen) atoms. The lowest BCUT2D eigenvalue weighted by molar-refractivity contribution is 0.0502. The Morgan fingerprint density at radius 2 is 1.61 bits per heavy atom. The van der Waals surface area contributed by atoms with Crippen LogP contribution >= 0.6 is 0 Å². The van der Waals surface area contributed by atoms with Gasteiger partial charge in [0.1, 0.15) is 17.1 Å². The summed E-state index contributed by atoms with van der Waals surface area (Å²) in [6, 6.07) is 12.4. The van der Waals surface area contributed by atoms with Crippen LogP contribution in [0.1, 0.15) is 55.6 Å². The monoisotopic (exact) mass is 440 g/mol. The van der Waals surface area contributed by atoms with E-state index in [1.165, 1.54) is 18.3 Å². The van der Waals surface area contributed by atoms with Crippen LogP contribution < -0.4 is 4.43 Å². The number of carbonyl (C=O) groups is 1. The minimum atomic E-state index is -1.86. The van der Waals surface area contributed by atoms with Gasteiger partial charge in [0.25, 0.3) is 0 Å². The first-order chi connectivity index (χ1) is 14.5. The molecule has 166 valence electrons. The van der Waals surface area contributed by atoms with E-state index in [1.54, 1.807) is 12.3 Å². The van der Waals surface area contributed by atoms with Crippen LogP contribution in [-0.2, 0) is 4.74 Å². The molecule has 7 heteroatoms. The number of rotatable bonds is 8. The van der Waals surface area contributed by atoms with Gasteiger partial charge in [-0.2, -0.15) is 10.2 Å². The van der Waals surface area contributed by atoms with Gasteiger partial charge in [-0.1, -0.05) is 27.7 Å². The highest BCUT2D eigenvalue weighted by Crippen LogP contribution is 2.37. The number of ether oxygens (including phenoxy) is 1. The van der Waals surface area contributed by atoms with Crippen molar-refractivity contribution in [1.82, 2.24) is 0 Å². The summed E-state index contributed by atoms with van der Waals surface area (Å²) in [6.07, 6.45) is 3.87. The molecule has 1 N–H and O–H groups in total. The van der Waals surface area contributed by atoms with E-state index in [0.29, 0.717) is 18.6 Å². The number of carbonyl (C=O) groups excluding carboxylic acids is 1. The van der Waals surface area contributed by atoms with Gasteiger partial charge >= 0.3 is 5.97 Å². The van der Waals surface area contributed by atoms with Crippen molar-refractivity contribution < 1.29 is 19.1 Å². The maximum absolute atomic E-state index is 12.0. The zero-order valence-corrected chi connectivity index (χ0v) is 20.2. The lowest BCUT2D eigenvalue weighted by Gasteiger charge is -2.36.